The second kappa shape index (κ2) is 8.96. The molecule has 0 fully saturated rings. The Morgan fingerprint density at radius 1 is 1.33 bits per heavy atom. The molecular weight excluding hydrogens is 326 g/mol. The van der Waals surface area contributed by atoms with E-state index < -0.39 is 14.0 Å². The summed E-state index contributed by atoms with van der Waals surface area (Å²) in [5, 5.41) is 10.1. The van der Waals surface area contributed by atoms with Gasteiger partial charge in [0.15, 0.2) is 0 Å². The molecular formula is C17H27NO5Si. The van der Waals surface area contributed by atoms with E-state index in [0.29, 0.717) is 12.3 Å². The number of carbonyl (C=O) groups is 1. The van der Waals surface area contributed by atoms with Crippen LogP contribution in [0.1, 0.15) is 24.5 Å². The number of methoxy groups -OCH3 is 2. The van der Waals surface area contributed by atoms with E-state index in [1.807, 2.05) is 13.0 Å². The predicted octanol–water partition coefficient (Wildman–Crippen LogP) is 2.63. The van der Waals surface area contributed by atoms with Gasteiger partial charge in [-0.15, -0.1) is 0 Å². The van der Waals surface area contributed by atoms with Crippen molar-refractivity contribution in [2.75, 3.05) is 21.0 Å². The molecule has 0 aliphatic carbocycles. The lowest BCUT2D eigenvalue weighted by Gasteiger charge is -2.22. The summed E-state index contributed by atoms with van der Waals surface area (Å²) in [5.41, 5.74) is 2.28. The van der Waals surface area contributed by atoms with E-state index in [9.17, 15) is 9.90 Å². The van der Waals surface area contributed by atoms with Crippen LogP contribution in [0.5, 0.6) is 5.88 Å². The van der Waals surface area contributed by atoms with Gasteiger partial charge >= 0.3 is 5.97 Å². The third kappa shape index (κ3) is 5.43. The fourth-order valence-electron chi connectivity index (χ4n) is 2.27. The second-order valence-electron chi connectivity index (χ2n) is 6.41. The first-order valence-corrected chi connectivity index (χ1v) is 11.3. The number of allylic oxidation sites excluding steroid dienone is 1. The molecule has 1 rings (SSSR count). The molecule has 0 aliphatic heterocycles. The number of hydrogen-bond donors (Lipinski definition) is 1. The molecule has 0 atom stereocenters. The molecule has 0 bridgehead atoms. The van der Waals surface area contributed by atoms with Gasteiger partial charge in [-0.1, -0.05) is 26.6 Å². The van der Waals surface area contributed by atoms with Crippen LogP contribution in [0.15, 0.2) is 12.1 Å². The first kappa shape index (κ1) is 20.3. The summed E-state index contributed by atoms with van der Waals surface area (Å²) in [6.07, 6.45) is 1.82. The highest BCUT2D eigenvalue weighted by Crippen LogP contribution is 2.28. The third-order valence-electron chi connectivity index (χ3n) is 3.52. The maximum atomic E-state index is 11.2. The standard InChI is InChI=1S/C17H27NO5Si/c1-7-12(8-16(19)20)13-9-15(24(4,5)6)18-17(22-3)14(13)10-23-11-21-2/h8-9H,7,10-11H2,1-6H3,(H,19,20)/b12-8-. The minimum Gasteiger partial charge on any atom is -0.481 e. The minimum absolute atomic E-state index is 0.141. The van der Waals surface area contributed by atoms with Crippen molar-refractivity contribution in [2.45, 2.75) is 39.6 Å². The summed E-state index contributed by atoms with van der Waals surface area (Å²) < 4.78 is 15.9. The van der Waals surface area contributed by atoms with Crippen molar-refractivity contribution < 1.29 is 24.1 Å². The highest BCUT2D eigenvalue weighted by molar-refractivity contribution is 6.88. The number of ether oxygens (including phenoxy) is 3. The summed E-state index contributed by atoms with van der Waals surface area (Å²) in [7, 11) is 1.41. The molecule has 1 heterocycles. The van der Waals surface area contributed by atoms with Gasteiger partial charge in [-0.05, 0) is 23.6 Å². The summed E-state index contributed by atoms with van der Waals surface area (Å²) in [6.45, 7) is 8.87. The van der Waals surface area contributed by atoms with Crippen molar-refractivity contribution in [1.29, 1.82) is 0 Å². The molecule has 0 saturated carbocycles. The van der Waals surface area contributed by atoms with E-state index in [2.05, 4.69) is 24.6 Å². The van der Waals surface area contributed by atoms with E-state index in [-0.39, 0.29) is 13.4 Å². The molecule has 7 heteroatoms. The van der Waals surface area contributed by atoms with Gasteiger partial charge in [0.2, 0.25) is 5.88 Å². The van der Waals surface area contributed by atoms with Crippen LogP contribution in [0.3, 0.4) is 0 Å². The second-order valence-corrected chi connectivity index (χ2v) is 11.4. The van der Waals surface area contributed by atoms with Gasteiger partial charge in [-0.2, -0.15) is 0 Å². The molecule has 134 valence electrons. The summed E-state index contributed by atoms with van der Waals surface area (Å²) in [6, 6.07) is 1.98. The number of rotatable bonds is 9. The molecule has 0 unspecified atom stereocenters. The van der Waals surface area contributed by atoms with Crippen molar-refractivity contribution >= 4 is 24.9 Å². The van der Waals surface area contributed by atoms with Gasteiger partial charge in [0.05, 0.1) is 13.7 Å². The lowest BCUT2D eigenvalue weighted by molar-refractivity contribution is -0.131. The van der Waals surface area contributed by atoms with Crippen molar-refractivity contribution in [3.8, 4) is 5.88 Å². The number of aromatic nitrogens is 1. The van der Waals surface area contributed by atoms with Crippen LogP contribution in [0.2, 0.25) is 19.6 Å². The number of carboxylic acids is 1. The molecule has 0 aromatic carbocycles. The van der Waals surface area contributed by atoms with Gasteiger partial charge in [0.25, 0.3) is 0 Å². The monoisotopic (exact) mass is 353 g/mol. The smallest absolute Gasteiger partial charge is 0.328 e. The highest BCUT2D eigenvalue weighted by Gasteiger charge is 2.24. The van der Waals surface area contributed by atoms with Gasteiger partial charge < -0.3 is 19.3 Å². The van der Waals surface area contributed by atoms with Gasteiger partial charge in [-0.3, -0.25) is 0 Å². The summed E-state index contributed by atoms with van der Waals surface area (Å²) in [4.78, 5) is 15.8. The zero-order valence-corrected chi connectivity index (χ0v) is 16.3. The molecule has 0 amide bonds. The van der Waals surface area contributed by atoms with Crippen LogP contribution in [-0.2, 0) is 20.9 Å². The van der Waals surface area contributed by atoms with Gasteiger partial charge in [0.1, 0.15) is 14.9 Å². The Kier molecular flexibility index (Phi) is 7.59. The average molecular weight is 353 g/mol. The number of aliphatic carboxylic acids is 1. The van der Waals surface area contributed by atoms with Crippen molar-refractivity contribution in [3.63, 3.8) is 0 Å². The highest BCUT2D eigenvalue weighted by atomic mass is 28.3. The lowest BCUT2D eigenvalue weighted by Crippen LogP contribution is -2.40. The van der Waals surface area contributed by atoms with Crippen LogP contribution >= 0.6 is 0 Å². The molecule has 0 saturated heterocycles. The van der Waals surface area contributed by atoms with Crippen LogP contribution in [0.25, 0.3) is 5.57 Å². The molecule has 24 heavy (non-hydrogen) atoms. The lowest BCUT2D eigenvalue weighted by atomic mass is 9.99. The SMILES string of the molecule is CC/C(=C/C(=O)O)c1cc([Si](C)(C)C)nc(OC)c1COCOC. The maximum absolute atomic E-state index is 11.2. The predicted molar refractivity (Wildman–Crippen MR) is 96.3 cm³/mol. The normalized spacial score (nSPS) is 12.3. The Morgan fingerprint density at radius 2 is 2.00 bits per heavy atom. The molecule has 0 aliphatic rings. The Balaban J connectivity index is 3.55. The van der Waals surface area contributed by atoms with Crippen LogP contribution in [0.4, 0.5) is 0 Å². The molecule has 0 radical (unpaired) electrons. The van der Waals surface area contributed by atoms with E-state index >= 15 is 0 Å². The van der Waals surface area contributed by atoms with Gasteiger partial charge in [0, 0.05) is 24.1 Å². The molecule has 0 spiro atoms. The quantitative estimate of drug-likeness (QED) is 0.318. The Hall–Kier alpha value is -1.70. The van der Waals surface area contributed by atoms with E-state index in [4.69, 9.17) is 14.2 Å². The maximum Gasteiger partial charge on any atom is 0.328 e. The first-order valence-electron chi connectivity index (χ1n) is 7.83. The van der Waals surface area contributed by atoms with E-state index in [1.165, 1.54) is 6.08 Å². The number of hydrogen-bond acceptors (Lipinski definition) is 5. The minimum atomic E-state index is -1.70. The first-order chi connectivity index (χ1) is 11.2. The largest absolute Gasteiger partial charge is 0.481 e. The number of nitrogens with zero attached hydrogens (tertiary/aromatic N) is 1. The Bertz CT molecular complexity index is 608. The Morgan fingerprint density at radius 3 is 2.46 bits per heavy atom. The fraction of sp³-hybridized carbons (Fsp3) is 0.529. The van der Waals surface area contributed by atoms with Gasteiger partial charge in [-0.25, -0.2) is 9.78 Å². The van der Waals surface area contributed by atoms with Crippen LogP contribution < -0.4 is 10.1 Å². The summed E-state index contributed by atoms with van der Waals surface area (Å²) in [5.74, 6) is -0.494. The fourth-order valence-corrected chi connectivity index (χ4v) is 3.29. The van der Waals surface area contributed by atoms with E-state index in [1.54, 1.807) is 14.2 Å². The third-order valence-corrected chi connectivity index (χ3v) is 5.31. The topological polar surface area (TPSA) is 77.9 Å². The van der Waals surface area contributed by atoms with Crippen molar-refractivity contribution in [2.24, 2.45) is 0 Å². The zero-order chi connectivity index (χ0) is 18.3. The molecule has 6 nitrogen and oxygen atoms in total. The van der Waals surface area contributed by atoms with Crippen LogP contribution in [0, 0.1) is 0 Å². The number of pyridine rings is 1. The van der Waals surface area contributed by atoms with Crippen LogP contribution in [-0.4, -0.2) is 45.1 Å². The van der Waals surface area contributed by atoms with E-state index in [0.717, 1.165) is 22.0 Å². The summed E-state index contributed by atoms with van der Waals surface area (Å²) >= 11 is 0. The molecule has 1 aromatic rings. The number of carboxylic acid groups (broad SMARTS) is 1. The molecule has 1 N–H and O–H groups in total. The van der Waals surface area contributed by atoms with Crippen molar-refractivity contribution in [3.05, 3.63) is 23.3 Å². The molecule has 1 aromatic heterocycles. The van der Waals surface area contributed by atoms with Crippen molar-refractivity contribution in [1.82, 2.24) is 4.98 Å². The Labute approximate surface area is 144 Å². The zero-order valence-electron chi connectivity index (χ0n) is 15.3. The average Bonchev–Trinajstić information content (AvgIpc) is 2.51.